The zero-order valence-electron chi connectivity index (χ0n) is 18.8. The van der Waals surface area contributed by atoms with Crippen molar-refractivity contribution in [1.82, 2.24) is 9.88 Å². The lowest BCUT2D eigenvalue weighted by Gasteiger charge is -2.31. The molecule has 2 aromatic carbocycles. The lowest BCUT2D eigenvalue weighted by molar-refractivity contribution is -0.134. The van der Waals surface area contributed by atoms with Crippen LogP contribution >= 0.6 is 11.6 Å². The number of amides is 1. The fourth-order valence-electron chi connectivity index (χ4n) is 4.03. The van der Waals surface area contributed by atoms with Gasteiger partial charge in [0.2, 0.25) is 5.75 Å². The maximum absolute atomic E-state index is 12.9. The SMILES string of the molecule is COc1cccc(OC)c1OCC(=O)N1CCC[C@@H](c2ncc(Cc3cccc(Cl)c3)o2)C1. The fraction of sp³-hybridized carbons (Fsp3) is 0.360. The van der Waals surface area contributed by atoms with E-state index in [0.29, 0.717) is 47.7 Å². The third-order valence-electron chi connectivity index (χ3n) is 5.68. The highest BCUT2D eigenvalue weighted by Gasteiger charge is 2.28. The number of ether oxygens (including phenoxy) is 3. The molecule has 3 aromatic rings. The molecule has 0 saturated carbocycles. The summed E-state index contributed by atoms with van der Waals surface area (Å²) in [7, 11) is 3.10. The number of rotatable bonds is 8. The van der Waals surface area contributed by atoms with Crippen molar-refractivity contribution >= 4 is 17.5 Å². The number of methoxy groups -OCH3 is 2. The zero-order chi connectivity index (χ0) is 23.2. The van der Waals surface area contributed by atoms with Gasteiger partial charge in [-0.25, -0.2) is 4.98 Å². The summed E-state index contributed by atoms with van der Waals surface area (Å²) in [6.07, 6.45) is 4.17. The summed E-state index contributed by atoms with van der Waals surface area (Å²) in [5.74, 6) is 2.85. The van der Waals surface area contributed by atoms with Crippen LogP contribution in [0.15, 0.2) is 53.1 Å². The predicted octanol–water partition coefficient (Wildman–Crippen LogP) is 4.72. The quantitative estimate of drug-likeness (QED) is 0.474. The molecule has 0 N–H and O–H groups in total. The van der Waals surface area contributed by atoms with Gasteiger partial charge in [-0.3, -0.25) is 4.79 Å². The number of halogens is 1. The maximum Gasteiger partial charge on any atom is 0.260 e. The van der Waals surface area contributed by atoms with Crippen molar-refractivity contribution in [3.63, 3.8) is 0 Å². The van der Waals surface area contributed by atoms with E-state index in [4.69, 9.17) is 30.2 Å². The van der Waals surface area contributed by atoms with Gasteiger partial charge in [-0.1, -0.05) is 29.8 Å². The van der Waals surface area contributed by atoms with Crippen LogP contribution in [0.3, 0.4) is 0 Å². The van der Waals surface area contributed by atoms with Gasteiger partial charge in [-0.05, 0) is 42.7 Å². The smallest absolute Gasteiger partial charge is 0.260 e. The molecule has 1 atom stereocenters. The van der Waals surface area contributed by atoms with Gasteiger partial charge in [0.05, 0.1) is 26.3 Å². The Kier molecular flexibility index (Phi) is 7.40. The Morgan fingerprint density at radius 3 is 2.67 bits per heavy atom. The molecule has 1 amide bonds. The molecule has 1 fully saturated rings. The van der Waals surface area contributed by atoms with Gasteiger partial charge in [0, 0.05) is 24.5 Å². The van der Waals surface area contributed by atoms with Crippen LogP contribution in [0.5, 0.6) is 17.2 Å². The van der Waals surface area contributed by atoms with E-state index in [1.54, 1.807) is 43.5 Å². The summed E-state index contributed by atoms with van der Waals surface area (Å²) in [4.78, 5) is 19.2. The van der Waals surface area contributed by atoms with Gasteiger partial charge in [0.15, 0.2) is 24.0 Å². The number of benzene rings is 2. The molecule has 1 aliphatic rings. The number of oxazole rings is 1. The largest absolute Gasteiger partial charge is 0.493 e. The third-order valence-corrected chi connectivity index (χ3v) is 5.92. The molecule has 33 heavy (non-hydrogen) atoms. The Bertz CT molecular complexity index is 1080. The number of piperidine rings is 1. The van der Waals surface area contributed by atoms with E-state index in [9.17, 15) is 4.79 Å². The summed E-state index contributed by atoms with van der Waals surface area (Å²) in [5.41, 5.74) is 1.06. The van der Waals surface area contributed by atoms with Crippen molar-refractivity contribution in [2.24, 2.45) is 0 Å². The van der Waals surface area contributed by atoms with Gasteiger partial charge in [-0.15, -0.1) is 0 Å². The van der Waals surface area contributed by atoms with E-state index in [1.165, 1.54) is 0 Å². The molecule has 8 heteroatoms. The van der Waals surface area contributed by atoms with Crippen LogP contribution in [0.4, 0.5) is 0 Å². The first-order valence-electron chi connectivity index (χ1n) is 10.9. The number of carbonyl (C=O) groups excluding carboxylic acids is 1. The number of hydrogen-bond acceptors (Lipinski definition) is 6. The Labute approximate surface area is 198 Å². The molecular formula is C25H27ClN2O5. The second kappa shape index (κ2) is 10.6. The van der Waals surface area contributed by atoms with Crippen LogP contribution in [-0.2, 0) is 11.2 Å². The van der Waals surface area contributed by atoms with E-state index >= 15 is 0 Å². The molecule has 0 unspecified atom stereocenters. The van der Waals surface area contributed by atoms with Crippen molar-refractivity contribution in [3.05, 3.63) is 70.9 Å². The Hall–Kier alpha value is -3.19. The highest BCUT2D eigenvalue weighted by atomic mass is 35.5. The number of carbonyl (C=O) groups is 1. The summed E-state index contributed by atoms with van der Waals surface area (Å²) in [5, 5.41) is 0.696. The van der Waals surface area contributed by atoms with Gasteiger partial charge >= 0.3 is 0 Å². The summed E-state index contributed by atoms with van der Waals surface area (Å²) in [6.45, 7) is 1.12. The molecule has 1 aromatic heterocycles. The lowest BCUT2D eigenvalue weighted by atomic mass is 9.98. The van der Waals surface area contributed by atoms with Crippen LogP contribution in [-0.4, -0.2) is 49.7 Å². The number of likely N-dealkylation sites (tertiary alicyclic amines) is 1. The Morgan fingerprint density at radius 2 is 1.94 bits per heavy atom. The average Bonchev–Trinajstić information content (AvgIpc) is 3.30. The highest BCUT2D eigenvalue weighted by molar-refractivity contribution is 6.30. The number of nitrogens with zero attached hydrogens (tertiary/aromatic N) is 2. The van der Waals surface area contributed by atoms with E-state index in [0.717, 1.165) is 24.2 Å². The molecule has 0 spiro atoms. The number of para-hydroxylation sites is 1. The molecular weight excluding hydrogens is 444 g/mol. The van der Waals surface area contributed by atoms with Gasteiger partial charge < -0.3 is 23.5 Å². The van der Waals surface area contributed by atoms with E-state index in [-0.39, 0.29) is 18.4 Å². The molecule has 4 rings (SSSR count). The normalized spacial score (nSPS) is 15.8. The molecule has 1 aliphatic heterocycles. The zero-order valence-corrected chi connectivity index (χ0v) is 19.5. The van der Waals surface area contributed by atoms with Gasteiger partial charge in [0.1, 0.15) is 5.76 Å². The molecule has 2 heterocycles. The average molecular weight is 471 g/mol. The Balaban J connectivity index is 1.37. The molecule has 7 nitrogen and oxygen atoms in total. The van der Waals surface area contributed by atoms with Crippen molar-refractivity contribution in [1.29, 1.82) is 0 Å². The van der Waals surface area contributed by atoms with E-state index < -0.39 is 0 Å². The molecule has 1 saturated heterocycles. The maximum atomic E-state index is 12.9. The van der Waals surface area contributed by atoms with Crippen LogP contribution in [0.1, 0.15) is 36.0 Å². The standard InChI is InChI=1S/C25H27ClN2O5/c1-30-21-9-4-10-22(31-2)24(21)32-16-23(29)28-11-5-7-18(15-28)25-27-14-20(33-25)13-17-6-3-8-19(26)12-17/h3-4,6,8-10,12,14,18H,5,7,11,13,15-16H2,1-2H3/t18-/m1/s1. The van der Waals surface area contributed by atoms with Crippen LogP contribution in [0.25, 0.3) is 0 Å². The Morgan fingerprint density at radius 1 is 1.18 bits per heavy atom. The highest BCUT2D eigenvalue weighted by Crippen LogP contribution is 2.37. The molecule has 0 aliphatic carbocycles. The first-order valence-corrected chi connectivity index (χ1v) is 11.3. The van der Waals surface area contributed by atoms with E-state index in [2.05, 4.69) is 4.98 Å². The second-order valence-electron chi connectivity index (χ2n) is 7.93. The van der Waals surface area contributed by atoms with Gasteiger partial charge in [0.25, 0.3) is 5.91 Å². The summed E-state index contributed by atoms with van der Waals surface area (Å²) < 4.78 is 22.5. The second-order valence-corrected chi connectivity index (χ2v) is 8.37. The molecule has 0 radical (unpaired) electrons. The molecule has 174 valence electrons. The molecule has 0 bridgehead atoms. The lowest BCUT2D eigenvalue weighted by Crippen LogP contribution is -2.41. The summed E-state index contributed by atoms with van der Waals surface area (Å²) in [6, 6.07) is 13.0. The van der Waals surface area contributed by atoms with Crippen molar-refractivity contribution in [2.45, 2.75) is 25.2 Å². The minimum absolute atomic E-state index is 0.0524. The van der Waals surface area contributed by atoms with Crippen LogP contribution in [0.2, 0.25) is 5.02 Å². The number of aromatic nitrogens is 1. The minimum atomic E-state index is -0.102. The van der Waals surface area contributed by atoms with Gasteiger partial charge in [-0.2, -0.15) is 0 Å². The van der Waals surface area contributed by atoms with Crippen molar-refractivity contribution < 1.29 is 23.4 Å². The van der Waals surface area contributed by atoms with Crippen molar-refractivity contribution in [3.8, 4) is 17.2 Å². The predicted molar refractivity (Wildman–Crippen MR) is 124 cm³/mol. The fourth-order valence-corrected chi connectivity index (χ4v) is 4.24. The van der Waals surface area contributed by atoms with Crippen LogP contribution in [0, 0.1) is 0 Å². The third kappa shape index (κ3) is 5.60. The first-order chi connectivity index (χ1) is 16.1. The monoisotopic (exact) mass is 470 g/mol. The van der Waals surface area contributed by atoms with Crippen molar-refractivity contribution in [2.75, 3.05) is 33.9 Å². The van der Waals surface area contributed by atoms with E-state index in [1.807, 2.05) is 24.3 Å². The number of hydrogen-bond donors (Lipinski definition) is 0. The summed E-state index contributed by atoms with van der Waals surface area (Å²) >= 11 is 6.07. The minimum Gasteiger partial charge on any atom is -0.493 e. The topological polar surface area (TPSA) is 74.0 Å². The van der Waals surface area contributed by atoms with Crippen LogP contribution < -0.4 is 14.2 Å². The first kappa shape index (κ1) is 23.0.